The van der Waals surface area contributed by atoms with Gasteiger partial charge >= 0.3 is 0 Å². The number of rotatable bonds is 6. The lowest BCUT2D eigenvalue weighted by Gasteiger charge is -2.12. The standard InChI is InChI=1S/C51H31N3S2/c1-4-13-32(14-5-1)37-27-38(33-15-6-2-7-16-33)29-39(28-37)40-20-12-21-43-42-25-23-36(31-47(42)56-48(40)43)51-53-49(34-17-8-3-9-18-34)52-50(54-51)35-24-26-46-44(30-35)41-19-10-11-22-45(41)55-46/h1-31H/i12D,20D,21D,23D,25D,31D. The number of fused-ring (bicyclic) bond motifs is 6. The van der Waals surface area contributed by atoms with Gasteiger partial charge in [0.05, 0.1) is 8.22 Å². The van der Waals surface area contributed by atoms with Gasteiger partial charge in [-0.2, -0.15) is 0 Å². The second kappa shape index (κ2) is 13.5. The van der Waals surface area contributed by atoms with Crippen molar-refractivity contribution >= 4 is 63.0 Å². The fraction of sp³-hybridized carbons (Fsp3) is 0. The van der Waals surface area contributed by atoms with Gasteiger partial charge in [-0.15, -0.1) is 22.7 Å². The van der Waals surface area contributed by atoms with Gasteiger partial charge in [0.15, 0.2) is 17.5 Å². The fourth-order valence-corrected chi connectivity index (χ4v) is 9.52. The molecule has 0 aliphatic rings. The molecule has 11 rings (SSSR count). The Bertz CT molecular complexity index is 3540. The molecule has 11 aromatic rings. The molecule has 0 fully saturated rings. The highest BCUT2D eigenvalue weighted by atomic mass is 32.1. The van der Waals surface area contributed by atoms with Crippen LogP contribution in [0.2, 0.25) is 0 Å². The molecule has 0 aliphatic carbocycles. The molecule has 56 heavy (non-hydrogen) atoms. The summed E-state index contributed by atoms with van der Waals surface area (Å²) in [6, 6.07) is 48.8. The Hall–Kier alpha value is -6.79. The van der Waals surface area contributed by atoms with Crippen LogP contribution in [0.4, 0.5) is 0 Å². The number of hydrogen-bond acceptors (Lipinski definition) is 5. The Balaban J connectivity index is 1.16. The Kier molecular flexibility index (Phi) is 6.48. The van der Waals surface area contributed by atoms with E-state index >= 15 is 0 Å². The monoisotopic (exact) mass is 755 g/mol. The van der Waals surface area contributed by atoms with Crippen LogP contribution in [0.3, 0.4) is 0 Å². The summed E-state index contributed by atoms with van der Waals surface area (Å²) in [4.78, 5) is 14.8. The molecule has 0 aliphatic heterocycles. The molecule has 3 aromatic heterocycles. The van der Waals surface area contributed by atoms with Gasteiger partial charge in [0.25, 0.3) is 0 Å². The summed E-state index contributed by atoms with van der Waals surface area (Å²) in [6.07, 6.45) is 0. The van der Waals surface area contributed by atoms with Crippen molar-refractivity contribution in [2.24, 2.45) is 0 Å². The number of nitrogens with zero attached hydrogens (tertiary/aromatic N) is 3. The van der Waals surface area contributed by atoms with E-state index in [2.05, 4.69) is 30.3 Å². The van der Waals surface area contributed by atoms with Crippen molar-refractivity contribution in [1.29, 1.82) is 0 Å². The van der Waals surface area contributed by atoms with Crippen molar-refractivity contribution in [2.45, 2.75) is 0 Å². The second-order valence-electron chi connectivity index (χ2n) is 13.5. The predicted octanol–water partition coefficient (Wildman–Crippen LogP) is 14.6. The molecule has 0 unspecified atom stereocenters. The zero-order valence-corrected chi connectivity index (χ0v) is 31.2. The third kappa shape index (κ3) is 5.77. The van der Waals surface area contributed by atoms with Gasteiger partial charge in [0.1, 0.15) is 0 Å². The quantitative estimate of drug-likeness (QED) is 0.170. The van der Waals surface area contributed by atoms with Crippen molar-refractivity contribution in [3.8, 4) is 67.5 Å². The van der Waals surface area contributed by atoms with Gasteiger partial charge in [-0.05, 0) is 81.9 Å². The van der Waals surface area contributed by atoms with Crippen LogP contribution >= 0.6 is 22.7 Å². The largest absolute Gasteiger partial charge is 0.208 e. The van der Waals surface area contributed by atoms with Crippen LogP contribution in [0, 0.1) is 0 Å². The van der Waals surface area contributed by atoms with Gasteiger partial charge in [-0.1, -0.05) is 139 Å². The number of aromatic nitrogens is 3. The molecule has 0 radical (unpaired) electrons. The van der Waals surface area contributed by atoms with Gasteiger partial charge in [-0.3, -0.25) is 0 Å². The zero-order chi connectivity index (χ0) is 42.2. The Labute approximate surface area is 340 Å². The van der Waals surface area contributed by atoms with E-state index in [0.717, 1.165) is 48.9 Å². The summed E-state index contributed by atoms with van der Waals surface area (Å²) in [5, 5.41) is 2.72. The molecule has 0 atom stereocenters. The lowest BCUT2D eigenvalue weighted by atomic mass is 9.93. The molecule has 0 bridgehead atoms. The molecule has 3 nitrogen and oxygen atoms in total. The first-order chi connectivity index (χ1) is 30.2. The summed E-state index contributed by atoms with van der Waals surface area (Å²) in [5.41, 5.74) is 6.46. The highest BCUT2D eigenvalue weighted by Gasteiger charge is 2.17. The van der Waals surface area contributed by atoms with Gasteiger partial charge in [-0.25, -0.2) is 15.0 Å². The van der Waals surface area contributed by atoms with Crippen molar-refractivity contribution in [1.82, 2.24) is 15.0 Å². The molecular formula is C51H31N3S2. The first-order valence-corrected chi connectivity index (χ1v) is 19.8. The van der Waals surface area contributed by atoms with Crippen LogP contribution in [-0.4, -0.2) is 15.0 Å². The maximum Gasteiger partial charge on any atom is 0.164 e. The van der Waals surface area contributed by atoms with Crippen LogP contribution in [0.25, 0.3) is 108 Å². The molecule has 0 saturated carbocycles. The normalized spacial score (nSPS) is 13.1. The zero-order valence-electron chi connectivity index (χ0n) is 35.6. The van der Waals surface area contributed by atoms with Crippen molar-refractivity contribution in [2.75, 3.05) is 0 Å². The van der Waals surface area contributed by atoms with Gasteiger partial charge in [0, 0.05) is 57.0 Å². The average Bonchev–Trinajstić information content (AvgIpc) is 3.90. The van der Waals surface area contributed by atoms with E-state index in [1.165, 1.54) is 16.0 Å². The van der Waals surface area contributed by atoms with Gasteiger partial charge in [0.2, 0.25) is 0 Å². The molecule has 0 spiro atoms. The second-order valence-corrected chi connectivity index (χ2v) is 15.6. The van der Waals surface area contributed by atoms with Crippen molar-refractivity contribution in [3.63, 3.8) is 0 Å². The van der Waals surface area contributed by atoms with E-state index < -0.39 is 0 Å². The highest BCUT2D eigenvalue weighted by Crippen LogP contribution is 2.43. The molecular weight excluding hydrogens is 719 g/mol. The Morgan fingerprint density at radius 2 is 0.946 bits per heavy atom. The molecule has 0 N–H and O–H groups in total. The maximum atomic E-state index is 9.77. The first-order valence-electron chi connectivity index (χ1n) is 21.2. The lowest BCUT2D eigenvalue weighted by molar-refractivity contribution is 1.08. The van der Waals surface area contributed by atoms with E-state index in [-0.39, 0.29) is 58.4 Å². The Morgan fingerprint density at radius 1 is 0.357 bits per heavy atom. The van der Waals surface area contributed by atoms with E-state index in [1.807, 2.05) is 121 Å². The summed E-state index contributed by atoms with van der Waals surface area (Å²) in [7, 11) is 0. The molecule has 5 heteroatoms. The molecule has 0 saturated heterocycles. The predicted molar refractivity (Wildman–Crippen MR) is 238 cm³/mol. The van der Waals surface area contributed by atoms with E-state index in [9.17, 15) is 6.85 Å². The fourth-order valence-electron chi connectivity index (χ4n) is 7.30. The van der Waals surface area contributed by atoms with Crippen LogP contribution in [0.15, 0.2) is 188 Å². The SMILES string of the molecule is [2H]c1c([2H])c([2H])c2c(sc3c([2H])c(-c4nc(-c5ccccc5)nc(-c5ccc6sc7ccccc7c6c5)n4)c([2H])c([2H])c32)c1-c1cc(-c2ccccc2)cc(-c2ccccc2)c1. The van der Waals surface area contributed by atoms with Crippen LogP contribution < -0.4 is 0 Å². The lowest BCUT2D eigenvalue weighted by Crippen LogP contribution is -2.00. The third-order valence-electron chi connectivity index (χ3n) is 10.0. The van der Waals surface area contributed by atoms with Crippen molar-refractivity contribution < 1.29 is 8.22 Å². The highest BCUT2D eigenvalue weighted by molar-refractivity contribution is 7.26. The topological polar surface area (TPSA) is 38.7 Å². The minimum Gasteiger partial charge on any atom is -0.208 e. The van der Waals surface area contributed by atoms with Crippen LogP contribution in [0.1, 0.15) is 8.22 Å². The van der Waals surface area contributed by atoms with Crippen molar-refractivity contribution in [3.05, 3.63) is 188 Å². The van der Waals surface area contributed by atoms with Crippen LogP contribution in [-0.2, 0) is 0 Å². The summed E-state index contributed by atoms with van der Waals surface area (Å²) < 4.78 is 59.5. The first kappa shape index (κ1) is 26.9. The molecule has 8 aromatic carbocycles. The number of benzene rings is 8. The third-order valence-corrected chi connectivity index (χ3v) is 12.3. The summed E-state index contributed by atoms with van der Waals surface area (Å²) in [5.74, 6) is 0.820. The summed E-state index contributed by atoms with van der Waals surface area (Å²) >= 11 is 2.92. The van der Waals surface area contributed by atoms with E-state index in [4.69, 9.17) is 16.3 Å². The maximum absolute atomic E-state index is 9.77. The Morgan fingerprint density at radius 3 is 1.66 bits per heavy atom. The van der Waals surface area contributed by atoms with Gasteiger partial charge < -0.3 is 0 Å². The summed E-state index contributed by atoms with van der Waals surface area (Å²) in [6.45, 7) is 0. The molecule has 3 heterocycles. The number of hydrogen-bond donors (Lipinski definition) is 0. The smallest absolute Gasteiger partial charge is 0.164 e. The average molecular weight is 756 g/mol. The molecule has 262 valence electrons. The van der Waals surface area contributed by atoms with Crippen LogP contribution in [0.5, 0.6) is 0 Å². The minimum absolute atomic E-state index is 0.0657. The van der Waals surface area contributed by atoms with E-state index in [0.29, 0.717) is 32.2 Å². The number of thiophene rings is 2. The molecule has 0 amide bonds. The minimum atomic E-state index is -0.287. The van der Waals surface area contributed by atoms with E-state index in [1.54, 1.807) is 11.3 Å².